The number of aromatic nitrogens is 1. The van der Waals surface area contributed by atoms with Gasteiger partial charge in [-0.25, -0.2) is 4.98 Å². The molecule has 0 spiro atoms. The Morgan fingerprint density at radius 1 is 1.16 bits per heavy atom. The van der Waals surface area contributed by atoms with E-state index in [1.165, 1.54) is 11.3 Å². The molecule has 4 rings (SSSR count). The number of amides is 1. The number of rotatable bonds is 6. The van der Waals surface area contributed by atoms with Gasteiger partial charge in [-0.2, -0.15) is 0 Å². The minimum Gasteiger partial charge on any atom is -0.497 e. The van der Waals surface area contributed by atoms with Crippen LogP contribution in [0.5, 0.6) is 5.75 Å². The van der Waals surface area contributed by atoms with Gasteiger partial charge in [0.1, 0.15) is 12.4 Å². The summed E-state index contributed by atoms with van der Waals surface area (Å²) >= 11 is 1.52. The SMILES string of the molecule is COc1ccc(N2C(=O)CC[C@@H](C(=O)OCc3csc(C)n3)[C@@H]2c2ccccc2)cc1. The van der Waals surface area contributed by atoms with Gasteiger partial charge in [0.05, 0.1) is 29.8 Å². The van der Waals surface area contributed by atoms with Gasteiger partial charge in [-0.05, 0) is 43.2 Å². The molecule has 0 saturated carbocycles. The first kappa shape index (κ1) is 21.1. The van der Waals surface area contributed by atoms with Crippen molar-refractivity contribution in [2.24, 2.45) is 5.92 Å². The Labute approximate surface area is 185 Å². The zero-order chi connectivity index (χ0) is 21.8. The quantitative estimate of drug-likeness (QED) is 0.525. The highest BCUT2D eigenvalue weighted by molar-refractivity contribution is 7.09. The lowest BCUT2D eigenvalue weighted by Crippen LogP contribution is -2.46. The van der Waals surface area contributed by atoms with Crippen LogP contribution in [0.4, 0.5) is 5.69 Å². The van der Waals surface area contributed by atoms with Crippen LogP contribution >= 0.6 is 11.3 Å². The zero-order valence-corrected chi connectivity index (χ0v) is 18.3. The van der Waals surface area contributed by atoms with E-state index in [0.717, 1.165) is 22.0 Å². The average Bonchev–Trinajstić information content (AvgIpc) is 3.23. The van der Waals surface area contributed by atoms with Crippen molar-refractivity contribution < 1.29 is 19.1 Å². The molecule has 1 aliphatic heterocycles. The van der Waals surface area contributed by atoms with Crippen LogP contribution in [0.25, 0.3) is 0 Å². The van der Waals surface area contributed by atoms with E-state index in [4.69, 9.17) is 9.47 Å². The van der Waals surface area contributed by atoms with E-state index >= 15 is 0 Å². The molecule has 1 fully saturated rings. The maximum Gasteiger partial charge on any atom is 0.311 e. The highest BCUT2D eigenvalue weighted by Crippen LogP contribution is 2.41. The van der Waals surface area contributed by atoms with Crippen LogP contribution in [-0.2, 0) is 20.9 Å². The Bertz CT molecular complexity index is 1050. The van der Waals surface area contributed by atoms with Crippen molar-refractivity contribution in [3.63, 3.8) is 0 Å². The summed E-state index contributed by atoms with van der Waals surface area (Å²) in [7, 11) is 1.60. The first-order valence-corrected chi connectivity index (χ1v) is 11.0. The topological polar surface area (TPSA) is 68.7 Å². The molecule has 2 heterocycles. The Morgan fingerprint density at radius 2 is 1.90 bits per heavy atom. The number of piperidine rings is 1. The molecule has 0 aliphatic carbocycles. The highest BCUT2D eigenvalue weighted by Gasteiger charge is 2.42. The summed E-state index contributed by atoms with van der Waals surface area (Å²) < 4.78 is 10.9. The standard InChI is InChI=1S/C24H24N2O4S/c1-16-25-18(15-31-16)14-30-24(28)21-12-13-22(27)26(19-8-10-20(29-2)11-9-19)23(21)17-6-4-3-5-7-17/h3-11,15,21,23H,12-14H2,1-2H3/t21-,23+/m1/s1. The van der Waals surface area contributed by atoms with Crippen molar-refractivity contribution in [2.75, 3.05) is 12.0 Å². The normalized spacial score (nSPS) is 18.6. The monoisotopic (exact) mass is 436 g/mol. The van der Waals surface area contributed by atoms with E-state index in [-0.39, 0.29) is 24.9 Å². The number of carbonyl (C=O) groups excluding carboxylic acids is 2. The van der Waals surface area contributed by atoms with Gasteiger partial charge in [0.2, 0.25) is 5.91 Å². The molecule has 1 aliphatic rings. The highest BCUT2D eigenvalue weighted by atomic mass is 32.1. The molecule has 7 heteroatoms. The second kappa shape index (κ2) is 9.31. The number of ether oxygens (including phenoxy) is 2. The minimum absolute atomic E-state index is 0.0156. The molecule has 1 aromatic heterocycles. The summed E-state index contributed by atoms with van der Waals surface area (Å²) in [5.74, 6) is -0.0929. The fourth-order valence-electron chi connectivity index (χ4n) is 3.94. The summed E-state index contributed by atoms with van der Waals surface area (Å²) in [5.41, 5.74) is 2.37. The molecular formula is C24H24N2O4S. The smallest absolute Gasteiger partial charge is 0.311 e. The second-order valence-electron chi connectivity index (χ2n) is 7.43. The van der Waals surface area contributed by atoms with Crippen LogP contribution in [0, 0.1) is 12.8 Å². The lowest BCUT2D eigenvalue weighted by Gasteiger charge is -2.40. The van der Waals surface area contributed by atoms with Crippen LogP contribution in [-0.4, -0.2) is 24.0 Å². The third-order valence-electron chi connectivity index (χ3n) is 5.42. The van der Waals surface area contributed by atoms with Gasteiger partial charge in [0.15, 0.2) is 0 Å². The van der Waals surface area contributed by atoms with E-state index in [0.29, 0.717) is 12.2 Å². The lowest BCUT2D eigenvalue weighted by molar-refractivity contribution is -0.152. The van der Waals surface area contributed by atoms with Crippen LogP contribution in [0.2, 0.25) is 0 Å². The summed E-state index contributed by atoms with van der Waals surface area (Å²) in [4.78, 5) is 32.2. The molecule has 1 saturated heterocycles. The van der Waals surface area contributed by atoms with Crippen LogP contribution in [0.1, 0.15) is 35.1 Å². The molecule has 2 aromatic carbocycles. The molecule has 0 radical (unpaired) electrons. The predicted octanol–water partition coefficient (Wildman–Crippen LogP) is 4.69. The third kappa shape index (κ3) is 4.61. The van der Waals surface area contributed by atoms with Gasteiger partial charge < -0.3 is 14.4 Å². The van der Waals surface area contributed by atoms with E-state index in [9.17, 15) is 9.59 Å². The maximum absolute atomic E-state index is 13.1. The van der Waals surface area contributed by atoms with Crippen molar-refractivity contribution in [3.8, 4) is 5.75 Å². The molecule has 0 unspecified atom stereocenters. The first-order chi connectivity index (χ1) is 15.1. The number of nitrogens with zero attached hydrogens (tertiary/aromatic N) is 2. The first-order valence-electron chi connectivity index (χ1n) is 10.2. The van der Waals surface area contributed by atoms with Gasteiger partial charge in [-0.3, -0.25) is 9.59 Å². The molecule has 31 heavy (non-hydrogen) atoms. The van der Waals surface area contributed by atoms with Crippen molar-refractivity contribution >= 4 is 28.9 Å². The fraction of sp³-hybridized carbons (Fsp3) is 0.292. The van der Waals surface area contributed by atoms with Crippen molar-refractivity contribution in [1.29, 1.82) is 0 Å². The van der Waals surface area contributed by atoms with Crippen LogP contribution < -0.4 is 9.64 Å². The number of esters is 1. The molecule has 6 nitrogen and oxygen atoms in total. The maximum atomic E-state index is 13.1. The Kier molecular flexibility index (Phi) is 6.32. The lowest BCUT2D eigenvalue weighted by atomic mass is 9.84. The van der Waals surface area contributed by atoms with E-state index in [2.05, 4.69) is 4.98 Å². The van der Waals surface area contributed by atoms with Crippen molar-refractivity contribution in [2.45, 2.75) is 32.4 Å². The number of methoxy groups -OCH3 is 1. The van der Waals surface area contributed by atoms with E-state index < -0.39 is 12.0 Å². The molecule has 1 amide bonds. The molecule has 0 N–H and O–H groups in total. The largest absolute Gasteiger partial charge is 0.497 e. The van der Waals surface area contributed by atoms with Crippen molar-refractivity contribution in [3.05, 3.63) is 76.2 Å². The Balaban J connectivity index is 1.64. The zero-order valence-electron chi connectivity index (χ0n) is 17.5. The summed E-state index contributed by atoms with van der Waals surface area (Å²) in [5, 5.41) is 2.83. The fourth-order valence-corrected chi connectivity index (χ4v) is 4.54. The molecular weight excluding hydrogens is 412 g/mol. The second-order valence-corrected chi connectivity index (χ2v) is 8.49. The van der Waals surface area contributed by atoms with Gasteiger partial charge in [-0.1, -0.05) is 30.3 Å². The number of benzene rings is 2. The Hall–Kier alpha value is -3.19. The molecule has 2 atom stereocenters. The van der Waals surface area contributed by atoms with Crippen LogP contribution in [0.15, 0.2) is 60.0 Å². The number of hydrogen-bond donors (Lipinski definition) is 0. The summed E-state index contributed by atoms with van der Waals surface area (Å²) in [6.45, 7) is 2.05. The third-order valence-corrected chi connectivity index (χ3v) is 6.24. The van der Waals surface area contributed by atoms with Gasteiger partial charge in [-0.15, -0.1) is 11.3 Å². The summed E-state index contributed by atoms with van der Waals surface area (Å²) in [6.07, 6.45) is 0.727. The van der Waals surface area contributed by atoms with Crippen molar-refractivity contribution in [1.82, 2.24) is 4.98 Å². The minimum atomic E-state index is -0.470. The summed E-state index contributed by atoms with van der Waals surface area (Å²) in [6, 6.07) is 16.5. The van der Waals surface area contributed by atoms with Gasteiger partial charge >= 0.3 is 5.97 Å². The van der Waals surface area contributed by atoms with Gasteiger partial charge in [0, 0.05) is 17.5 Å². The Morgan fingerprint density at radius 3 is 2.55 bits per heavy atom. The molecule has 3 aromatic rings. The predicted molar refractivity (Wildman–Crippen MR) is 119 cm³/mol. The van der Waals surface area contributed by atoms with E-state index in [1.807, 2.05) is 66.9 Å². The molecule has 160 valence electrons. The number of anilines is 1. The van der Waals surface area contributed by atoms with Gasteiger partial charge in [0.25, 0.3) is 0 Å². The number of carbonyl (C=O) groups is 2. The van der Waals surface area contributed by atoms with Crippen LogP contribution in [0.3, 0.4) is 0 Å². The number of hydrogen-bond acceptors (Lipinski definition) is 6. The number of aryl methyl sites for hydroxylation is 1. The molecule has 0 bridgehead atoms. The number of thiazole rings is 1. The average molecular weight is 437 g/mol. The van der Waals surface area contributed by atoms with E-state index in [1.54, 1.807) is 12.0 Å².